The van der Waals surface area contributed by atoms with Gasteiger partial charge >= 0.3 is 6.03 Å². The molecule has 14 heavy (non-hydrogen) atoms. The average molecular weight is 195 g/mol. The second-order valence-corrected chi connectivity index (χ2v) is 4.14. The molecule has 0 atom stereocenters. The molecule has 1 saturated heterocycles. The van der Waals surface area contributed by atoms with Crippen molar-refractivity contribution in [3.63, 3.8) is 0 Å². The number of urea groups is 1. The molecule has 0 aromatic carbocycles. The Morgan fingerprint density at radius 1 is 1.57 bits per heavy atom. The van der Waals surface area contributed by atoms with Crippen LogP contribution in [0.1, 0.15) is 20.3 Å². The summed E-state index contributed by atoms with van der Waals surface area (Å²) in [6.45, 7) is 4.08. The van der Waals surface area contributed by atoms with Crippen molar-refractivity contribution in [2.75, 3.05) is 13.1 Å². The van der Waals surface area contributed by atoms with Gasteiger partial charge in [-0.2, -0.15) is 5.26 Å². The van der Waals surface area contributed by atoms with Gasteiger partial charge in [0.25, 0.3) is 0 Å². The Balaban J connectivity index is 2.64. The normalized spacial score (nSPS) is 16.8. The van der Waals surface area contributed by atoms with Crippen molar-refractivity contribution in [2.45, 2.75) is 20.3 Å². The summed E-state index contributed by atoms with van der Waals surface area (Å²) in [5.41, 5.74) is -0.341. The molecule has 0 aromatic heterocycles. The third kappa shape index (κ3) is 2.22. The van der Waals surface area contributed by atoms with Crippen LogP contribution in [0.2, 0.25) is 0 Å². The molecular weight excluding hydrogens is 182 g/mol. The summed E-state index contributed by atoms with van der Waals surface area (Å²) < 4.78 is 0. The third-order valence-electron chi connectivity index (χ3n) is 2.08. The van der Waals surface area contributed by atoms with E-state index in [1.54, 1.807) is 0 Å². The first-order valence-electron chi connectivity index (χ1n) is 4.41. The fraction of sp³-hybridized carbons (Fsp3) is 0.667. The van der Waals surface area contributed by atoms with Gasteiger partial charge in [-0.15, -0.1) is 0 Å². The van der Waals surface area contributed by atoms with Gasteiger partial charge in [-0.05, 0) is 5.41 Å². The number of nitrogens with one attached hydrogen (secondary N) is 1. The van der Waals surface area contributed by atoms with E-state index >= 15 is 0 Å². The van der Waals surface area contributed by atoms with E-state index in [2.05, 4.69) is 5.32 Å². The summed E-state index contributed by atoms with van der Waals surface area (Å²) in [5.74, 6) is -0.221. The van der Waals surface area contributed by atoms with Gasteiger partial charge in [-0.1, -0.05) is 13.8 Å². The van der Waals surface area contributed by atoms with Gasteiger partial charge in [0.1, 0.15) is 0 Å². The lowest BCUT2D eigenvalue weighted by Gasteiger charge is -2.25. The zero-order valence-corrected chi connectivity index (χ0v) is 8.33. The molecule has 0 radical (unpaired) electrons. The molecule has 0 bridgehead atoms. The fourth-order valence-corrected chi connectivity index (χ4v) is 1.31. The molecule has 0 spiro atoms. The van der Waals surface area contributed by atoms with Crippen molar-refractivity contribution in [3.8, 4) is 6.07 Å². The van der Waals surface area contributed by atoms with Crippen molar-refractivity contribution in [3.05, 3.63) is 0 Å². The third-order valence-corrected chi connectivity index (χ3v) is 2.08. The first-order chi connectivity index (χ1) is 6.46. The van der Waals surface area contributed by atoms with Crippen molar-refractivity contribution < 1.29 is 9.59 Å². The van der Waals surface area contributed by atoms with Crippen LogP contribution in [-0.2, 0) is 4.79 Å². The summed E-state index contributed by atoms with van der Waals surface area (Å²) in [7, 11) is 0. The van der Waals surface area contributed by atoms with Crippen LogP contribution in [0.4, 0.5) is 4.79 Å². The average Bonchev–Trinajstić information content (AvgIpc) is 2.35. The van der Waals surface area contributed by atoms with Gasteiger partial charge in [0.15, 0.2) is 0 Å². The highest BCUT2D eigenvalue weighted by atomic mass is 16.2. The second-order valence-electron chi connectivity index (χ2n) is 4.14. The Labute approximate surface area is 82.7 Å². The van der Waals surface area contributed by atoms with Crippen LogP contribution >= 0.6 is 0 Å². The summed E-state index contributed by atoms with van der Waals surface area (Å²) >= 11 is 0. The molecular formula is C9H13N3O2. The molecule has 3 amide bonds. The molecule has 1 N–H and O–H groups in total. The topological polar surface area (TPSA) is 73.2 Å². The van der Waals surface area contributed by atoms with Gasteiger partial charge < -0.3 is 5.32 Å². The molecule has 0 saturated carbocycles. The number of carbonyl (C=O) groups excluding carboxylic acids is 2. The lowest BCUT2D eigenvalue weighted by molar-refractivity contribution is -0.125. The van der Waals surface area contributed by atoms with Gasteiger partial charge in [0.2, 0.25) is 5.91 Å². The minimum absolute atomic E-state index is 0.0709. The van der Waals surface area contributed by atoms with Crippen LogP contribution in [0, 0.1) is 16.7 Å². The smallest absolute Gasteiger partial charge is 0.324 e. The van der Waals surface area contributed by atoms with Gasteiger partial charge in [-0.3, -0.25) is 9.69 Å². The summed E-state index contributed by atoms with van der Waals surface area (Å²) in [6, 6.07) is 1.68. The summed E-state index contributed by atoms with van der Waals surface area (Å²) in [6.07, 6.45) is 0.323. The fourth-order valence-electron chi connectivity index (χ4n) is 1.31. The van der Waals surface area contributed by atoms with Crippen molar-refractivity contribution in [1.82, 2.24) is 10.2 Å². The highest BCUT2D eigenvalue weighted by Gasteiger charge is 2.33. The van der Waals surface area contributed by atoms with Gasteiger partial charge in [-0.25, -0.2) is 4.79 Å². The maximum Gasteiger partial charge on any atom is 0.324 e. The lowest BCUT2D eigenvalue weighted by atomic mass is 9.89. The Hall–Kier alpha value is -1.57. The molecule has 5 nitrogen and oxygen atoms in total. The lowest BCUT2D eigenvalue weighted by Crippen LogP contribution is -2.38. The Kier molecular flexibility index (Phi) is 2.75. The number of rotatable bonds is 3. The van der Waals surface area contributed by atoms with E-state index in [1.807, 2.05) is 19.9 Å². The molecule has 0 aliphatic carbocycles. The maximum atomic E-state index is 11.2. The maximum absolute atomic E-state index is 11.2. The summed E-state index contributed by atoms with van der Waals surface area (Å²) in [4.78, 5) is 23.6. The first-order valence-corrected chi connectivity index (χ1v) is 4.41. The molecule has 1 heterocycles. The van der Waals surface area contributed by atoms with E-state index in [1.165, 1.54) is 0 Å². The van der Waals surface area contributed by atoms with E-state index in [9.17, 15) is 9.59 Å². The van der Waals surface area contributed by atoms with Crippen LogP contribution in [0.5, 0.6) is 0 Å². The quantitative estimate of drug-likeness (QED) is 0.665. The van der Waals surface area contributed by atoms with Crippen LogP contribution in [0.25, 0.3) is 0 Å². The molecule has 5 heteroatoms. The minimum atomic E-state index is -0.360. The monoisotopic (exact) mass is 195 g/mol. The van der Waals surface area contributed by atoms with Crippen LogP contribution in [0.3, 0.4) is 0 Å². The Morgan fingerprint density at radius 3 is 2.64 bits per heavy atom. The largest absolute Gasteiger partial charge is 0.329 e. The van der Waals surface area contributed by atoms with E-state index in [4.69, 9.17) is 5.26 Å². The van der Waals surface area contributed by atoms with Crippen LogP contribution in [0.15, 0.2) is 0 Å². The molecule has 1 aliphatic heterocycles. The molecule has 0 aromatic rings. The predicted molar refractivity (Wildman–Crippen MR) is 49.1 cm³/mol. The Bertz CT molecular complexity index is 288. The number of amides is 3. The van der Waals surface area contributed by atoms with E-state index in [0.717, 1.165) is 4.90 Å². The van der Waals surface area contributed by atoms with E-state index in [0.29, 0.717) is 13.0 Å². The van der Waals surface area contributed by atoms with Gasteiger partial charge in [0, 0.05) is 13.0 Å². The van der Waals surface area contributed by atoms with Crippen molar-refractivity contribution in [2.24, 2.45) is 5.41 Å². The second kappa shape index (κ2) is 3.66. The van der Waals surface area contributed by atoms with Crippen molar-refractivity contribution in [1.29, 1.82) is 5.26 Å². The van der Waals surface area contributed by atoms with E-state index in [-0.39, 0.29) is 23.9 Å². The molecule has 76 valence electrons. The highest BCUT2D eigenvalue weighted by molar-refractivity contribution is 6.01. The molecule has 1 fully saturated rings. The number of carbonyl (C=O) groups is 2. The number of hydrogen-bond acceptors (Lipinski definition) is 3. The van der Waals surface area contributed by atoms with E-state index < -0.39 is 0 Å². The molecule has 1 aliphatic rings. The standard InChI is InChI=1S/C9H13N3O2/c1-9(2,3-4-10)6-12-7(13)5-11-8(12)14/h3,5-6H2,1-2H3,(H,11,14). The van der Waals surface area contributed by atoms with Crippen LogP contribution in [-0.4, -0.2) is 29.9 Å². The minimum Gasteiger partial charge on any atom is -0.329 e. The number of nitriles is 1. The highest BCUT2D eigenvalue weighted by Crippen LogP contribution is 2.22. The predicted octanol–water partition coefficient (Wildman–Crippen LogP) is 0.478. The van der Waals surface area contributed by atoms with Crippen molar-refractivity contribution >= 4 is 11.9 Å². The first kappa shape index (κ1) is 10.5. The number of hydrogen-bond donors (Lipinski definition) is 1. The molecule has 1 rings (SSSR count). The number of nitrogens with zero attached hydrogens (tertiary/aromatic N) is 2. The van der Waals surface area contributed by atoms with Crippen LogP contribution < -0.4 is 5.32 Å². The van der Waals surface area contributed by atoms with Gasteiger partial charge in [0.05, 0.1) is 12.6 Å². The zero-order valence-electron chi connectivity index (χ0n) is 8.33. The Morgan fingerprint density at radius 2 is 2.21 bits per heavy atom. The number of imide groups is 1. The SMILES string of the molecule is CC(C)(CC#N)CN1C(=O)CNC1=O. The summed E-state index contributed by atoms with van der Waals surface area (Å²) in [5, 5.41) is 11.0. The molecule has 0 unspecified atom stereocenters. The zero-order chi connectivity index (χ0) is 10.8.